The number of thioether (sulfide) groups is 1. The van der Waals surface area contributed by atoms with Crippen molar-refractivity contribution in [1.29, 1.82) is 0 Å². The molecule has 2 heterocycles. The van der Waals surface area contributed by atoms with Crippen molar-refractivity contribution in [2.45, 2.75) is 23.6 Å². The molecular formula is C21H17F3N4O4S. The molecule has 0 N–H and O–H groups in total. The fraction of sp³-hybridized carbons (Fsp3) is 0.238. The zero-order chi connectivity index (χ0) is 23.6. The van der Waals surface area contributed by atoms with Gasteiger partial charge in [0.1, 0.15) is 11.5 Å². The Morgan fingerprint density at radius 3 is 2.36 bits per heavy atom. The van der Waals surface area contributed by atoms with E-state index in [1.165, 1.54) is 38.1 Å². The number of halogens is 3. The van der Waals surface area contributed by atoms with Gasteiger partial charge in [0.05, 0.1) is 25.0 Å². The van der Waals surface area contributed by atoms with Crippen LogP contribution >= 0.6 is 11.8 Å². The second-order valence-corrected chi connectivity index (χ2v) is 8.06. The van der Waals surface area contributed by atoms with E-state index in [4.69, 9.17) is 18.4 Å². The lowest BCUT2D eigenvalue weighted by molar-refractivity contribution is -0.137. The minimum Gasteiger partial charge on any atom is -0.497 e. The van der Waals surface area contributed by atoms with E-state index in [1.54, 1.807) is 25.1 Å². The first-order valence-electron chi connectivity index (χ1n) is 9.51. The van der Waals surface area contributed by atoms with Crippen LogP contribution in [0.15, 0.2) is 56.6 Å². The normalized spacial score (nSPS) is 12.5. The molecule has 8 nitrogen and oxygen atoms in total. The zero-order valence-corrected chi connectivity index (χ0v) is 18.4. The Labute approximate surface area is 190 Å². The van der Waals surface area contributed by atoms with Crippen LogP contribution in [0.1, 0.15) is 23.6 Å². The maximum atomic E-state index is 13.0. The van der Waals surface area contributed by atoms with Crippen LogP contribution in [0.5, 0.6) is 11.5 Å². The van der Waals surface area contributed by atoms with Crippen molar-refractivity contribution in [3.8, 4) is 34.3 Å². The van der Waals surface area contributed by atoms with Crippen LogP contribution in [0.4, 0.5) is 13.2 Å². The van der Waals surface area contributed by atoms with Crippen molar-refractivity contribution in [2.24, 2.45) is 0 Å². The predicted octanol–water partition coefficient (Wildman–Crippen LogP) is 5.68. The molecule has 0 fully saturated rings. The summed E-state index contributed by atoms with van der Waals surface area (Å²) in [6.07, 6.45) is -4.46. The molecule has 0 spiro atoms. The molecule has 2 aromatic carbocycles. The van der Waals surface area contributed by atoms with Crippen LogP contribution in [0.3, 0.4) is 0 Å². The predicted molar refractivity (Wildman–Crippen MR) is 112 cm³/mol. The van der Waals surface area contributed by atoms with Gasteiger partial charge in [-0.2, -0.15) is 18.2 Å². The van der Waals surface area contributed by atoms with Crippen LogP contribution in [-0.4, -0.2) is 34.6 Å². The summed E-state index contributed by atoms with van der Waals surface area (Å²) in [7, 11) is 3.07. The van der Waals surface area contributed by atoms with Gasteiger partial charge in [-0.3, -0.25) is 0 Å². The topological polar surface area (TPSA) is 96.3 Å². The second kappa shape index (κ2) is 9.14. The van der Waals surface area contributed by atoms with Gasteiger partial charge in [0, 0.05) is 17.2 Å². The fourth-order valence-electron chi connectivity index (χ4n) is 2.86. The monoisotopic (exact) mass is 478 g/mol. The van der Waals surface area contributed by atoms with Gasteiger partial charge in [0.15, 0.2) is 0 Å². The Morgan fingerprint density at radius 2 is 1.70 bits per heavy atom. The third kappa shape index (κ3) is 5.11. The lowest BCUT2D eigenvalue weighted by Gasteiger charge is -2.06. The Hall–Kier alpha value is -3.54. The lowest BCUT2D eigenvalue weighted by Crippen LogP contribution is -2.04. The summed E-state index contributed by atoms with van der Waals surface area (Å²) in [4.78, 5) is 4.22. The number of benzene rings is 2. The number of aromatic nitrogens is 4. The summed E-state index contributed by atoms with van der Waals surface area (Å²) < 4.78 is 60.4. The summed E-state index contributed by atoms with van der Waals surface area (Å²) in [5, 5.41) is 11.7. The molecule has 0 aliphatic rings. The number of nitrogens with zero attached hydrogens (tertiary/aromatic N) is 4. The maximum absolute atomic E-state index is 13.0. The van der Waals surface area contributed by atoms with Crippen LogP contribution in [0, 0.1) is 0 Å². The average molecular weight is 478 g/mol. The SMILES string of the molecule is COc1cc(OC)cc(-c2nnc(SC(C)c3nc(-c4cccc(C(F)(F)F)c4)no3)o2)c1. The van der Waals surface area contributed by atoms with Crippen molar-refractivity contribution in [3.63, 3.8) is 0 Å². The zero-order valence-electron chi connectivity index (χ0n) is 17.6. The average Bonchev–Trinajstić information content (AvgIpc) is 3.48. The molecule has 0 aliphatic heterocycles. The van der Waals surface area contributed by atoms with Crippen LogP contribution in [-0.2, 0) is 6.18 Å². The highest BCUT2D eigenvalue weighted by molar-refractivity contribution is 7.99. The van der Waals surface area contributed by atoms with E-state index in [9.17, 15) is 13.2 Å². The van der Waals surface area contributed by atoms with E-state index in [0.717, 1.165) is 12.1 Å². The van der Waals surface area contributed by atoms with Gasteiger partial charge in [-0.15, -0.1) is 10.2 Å². The molecule has 0 amide bonds. The Balaban J connectivity index is 1.50. The molecule has 0 saturated carbocycles. The smallest absolute Gasteiger partial charge is 0.416 e. The number of hydrogen-bond acceptors (Lipinski definition) is 9. The second-order valence-electron chi connectivity index (χ2n) is 6.77. The Kier molecular flexibility index (Phi) is 6.27. The molecule has 4 aromatic rings. The Bertz CT molecular complexity index is 1240. The number of methoxy groups -OCH3 is 2. The van der Waals surface area contributed by atoms with E-state index in [0.29, 0.717) is 17.1 Å². The molecular weight excluding hydrogens is 461 g/mol. The summed E-state index contributed by atoms with van der Waals surface area (Å²) in [5.74, 6) is 1.65. The van der Waals surface area contributed by atoms with E-state index >= 15 is 0 Å². The molecule has 1 atom stereocenters. The minimum atomic E-state index is -4.46. The van der Waals surface area contributed by atoms with Gasteiger partial charge in [-0.1, -0.05) is 29.1 Å². The lowest BCUT2D eigenvalue weighted by atomic mass is 10.1. The van der Waals surface area contributed by atoms with Crippen molar-refractivity contribution < 1.29 is 31.6 Å². The van der Waals surface area contributed by atoms with E-state index in [2.05, 4.69) is 20.3 Å². The highest BCUT2D eigenvalue weighted by Gasteiger charge is 2.31. The molecule has 4 rings (SSSR count). The molecule has 0 saturated heterocycles. The number of hydrogen-bond donors (Lipinski definition) is 0. The van der Waals surface area contributed by atoms with Gasteiger partial charge in [-0.25, -0.2) is 0 Å². The van der Waals surface area contributed by atoms with E-state index < -0.39 is 17.0 Å². The van der Waals surface area contributed by atoms with Crippen LogP contribution < -0.4 is 9.47 Å². The van der Waals surface area contributed by atoms with Crippen LogP contribution in [0.2, 0.25) is 0 Å². The molecule has 2 aromatic heterocycles. The molecule has 33 heavy (non-hydrogen) atoms. The van der Waals surface area contributed by atoms with Crippen molar-refractivity contribution in [3.05, 3.63) is 53.9 Å². The summed E-state index contributed by atoms with van der Waals surface area (Å²) in [6.45, 7) is 1.77. The number of alkyl halides is 3. The third-order valence-corrected chi connectivity index (χ3v) is 5.44. The minimum absolute atomic E-state index is 0.0539. The van der Waals surface area contributed by atoms with Crippen molar-refractivity contribution in [2.75, 3.05) is 14.2 Å². The summed E-state index contributed by atoms with van der Waals surface area (Å²) >= 11 is 1.17. The summed E-state index contributed by atoms with van der Waals surface area (Å²) in [6, 6.07) is 9.90. The van der Waals surface area contributed by atoms with Gasteiger partial charge in [0.2, 0.25) is 17.6 Å². The van der Waals surface area contributed by atoms with E-state index in [1.807, 2.05) is 0 Å². The van der Waals surface area contributed by atoms with Crippen LogP contribution in [0.25, 0.3) is 22.8 Å². The highest BCUT2D eigenvalue weighted by atomic mass is 32.2. The molecule has 1 unspecified atom stereocenters. The quantitative estimate of drug-likeness (QED) is 0.311. The Morgan fingerprint density at radius 1 is 0.970 bits per heavy atom. The molecule has 0 aliphatic carbocycles. The molecule has 0 radical (unpaired) electrons. The van der Waals surface area contributed by atoms with Gasteiger partial charge >= 0.3 is 6.18 Å². The highest BCUT2D eigenvalue weighted by Crippen LogP contribution is 2.37. The first kappa shape index (κ1) is 22.6. The van der Waals surface area contributed by atoms with Gasteiger partial charge in [-0.05, 0) is 31.2 Å². The van der Waals surface area contributed by atoms with E-state index in [-0.39, 0.29) is 28.4 Å². The third-order valence-electron chi connectivity index (χ3n) is 4.52. The number of rotatable bonds is 7. The first-order chi connectivity index (χ1) is 15.8. The van der Waals surface area contributed by atoms with Gasteiger partial charge < -0.3 is 18.4 Å². The fourth-order valence-corrected chi connectivity index (χ4v) is 3.57. The maximum Gasteiger partial charge on any atom is 0.416 e. The first-order valence-corrected chi connectivity index (χ1v) is 10.4. The van der Waals surface area contributed by atoms with Gasteiger partial charge in [0.25, 0.3) is 5.22 Å². The van der Waals surface area contributed by atoms with Crippen molar-refractivity contribution in [1.82, 2.24) is 20.3 Å². The standard InChI is InChI=1S/C21H17F3N4O4S/c1-11(18-25-17(28-32-18)12-5-4-6-14(7-12)21(22,23)24)33-20-27-26-19(31-20)13-8-15(29-2)10-16(9-13)30-3/h4-11H,1-3H3. The largest absolute Gasteiger partial charge is 0.497 e. The molecule has 172 valence electrons. The molecule has 12 heteroatoms. The van der Waals surface area contributed by atoms with Crippen molar-refractivity contribution >= 4 is 11.8 Å². The summed E-state index contributed by atoms with van der Waals surface area (Å²) in [5.41, 5.74) is 0.0215. The molecule has 0 bridgehead atoms. The number of ether oxygens (including phenoxy) is 2.